The minimum atomic E-state index is 0.403. The van der Waals surface area contributed by atoms with E-state index in [1.165, 1.54) is 0 Å². The molecule has 0 bridgehead atoms. The van der Waals surface area contributed by atoms with E-state index in [-0.39, 0.29) is 0 Å². The molecular formula is C18H18N6. The Morgan fingerprint density at radius 2 is 2.00 bits per heavy atom. The van der Waals surface area contributed by atoms with Gasteiger partial charge in [-0.1, -0.05) is 12.1 Å². The minimum Gasteiger partial charge on any atom is -0.356 e. The maximum Gasteiger partial charge on any atom is 0.201 e. The van der Waals surface area contributed by atoms with Crippen molar-refractivity contribution in [3.8, 4) is 6.07 Å². The molecule has 0 amide bonds. The highest BCUT2D eigenvalue weighted by Gasteiger charge is 2.20. The second-order valence-electron chi connectivity index (χ2n) is 6.03. The van der Waals surface area contributed by atoms with Gasteiger partial charge in [0.15, 0.2) is 0 Å². The lowest BCUT2D eigenvalue weighted by molar-refractivity contribution is 0.521. The predicted octanol–water partition coefficient (Wildman–Crippen LogP) is 2.91. The van der Waals surface area contributed by atoms with E-state index in [4.69, 9.17) is 5.26 Å². The first kappa shape index (κ1) is 14.5. The molecule has 3 aromatic rings. The van der Waals surface area contributed by atoms with Crippen LogP contribution in [0.3, 0.4) is 0 Å². The largest absolute Gasteiger partial charge is 0.356 e. The number of pyridine rings is 1. The lowest BCUT2D eigenvalue weighted by atomic mass is 10.1. The first-order valence-corrected chi connectivity index (χ1v) is 8.14. The number of anilines is 2. The number of aromatic nitrogens is 3. The Labute approximate surface area is 140 Å². The standard InChI is InChI=1S/C18H18N6/c19-11-13-5-6-17(20-12-13)24-9-7-14(8-10-24)21-18-22-15-3-1-2-4-16(15)23-18/h1-6,12,14H,7-10H2,(H2,21,22,23). The molecule has 24 heavy (non-hydrogen) atoms. The van der Waals surface area contributed by atoms with Crippen LogP contribution in [0.25, 0.3) is 11.0 Å². The van der Waals surface area contributed by atoms with Gasteiger partial charge in [-0.2, -0.15) is 5.26 Å². The van der Waals surface area contributed by atoms with Crippen LogP contribution < -0.4 is 10.2 Å². The second kappa shape index (κ2) is 6.20. The van der Waals surface area contributed by atoms with E-state index in [0.717, 1.165) is 48.7 Å². The third-order valence-electron chi connectivity index (χ3n) is 4.43. The molecular weight excluding hydrogens is 300 g/mol. The molecule has 0 saturated carbocycles. The van der Waals surface area contributed by atoms with E-state index < -0.39 is 0 Å². The van der Waals surface area contributed by atoms with Crippen LogP contribution in [0.2, 0.25) is 0 Å². The van der Waals surface area contributed by atoms with Crippen molar-refractivity contribution in [1.82, 2.24) is 15.0 Å². The molecule has 2 aromatic heterocycles. The summed E-state index contributed by atoms with van der Waals surface area (Å²) in [4.78, 5) is 14.5. The summed E-state index contributed by atoms with van der Waals surface area (Å²) in [6.45, 7) is 1.88. The van der Waals surface area contributed by atoms with Crippen molar-refractivity contribution in [3.63, 3.8) is 0 Å². The highest BCUT2D eigenvalue weighted by molar-refractivity contribution is 5.77. The van der Waals surface area contributed by atoms with Gasteiger partial charge in [0.05, 0.1) is 16.6 Å². The highest BCUT2D eigenvalue weighted by Crippen LogP contribution is 2.21. The SMILES string of the molecule is N#Cc1ccc(N2CCC(Nc3nc4ccccc4[nH]3)CC2)nc1. The molecule has 1 aliphatic heterocycles. The van der Waals surface area contributed by atoms with Crippen molar-refractivity contribution in [2.24, 2.45) is 0 Å². The Balaban J connectivity index is 1.38. The summed E-state index contributed by atoms with van der Waals surface area (Å²) in [5, 5.41) is 12.3. The highest BCUT2D eigenvalue weighted by atomic mass is 15.2. The van der Waals surface area contributed by atoms with Crippen molar-refractivity contribution in [2.75, 3.05) is 23.3 Å². The quantitative estimate of drug-likeness (QED) is 0.776. The number of nitriles is 1. The molecule has 2 N–H and O–H groups in total. The predicted molar refractivity (Wildman–Crippen MR) is 93.9 cm³/mol. The fourth-order valence-electron chi connectivity index (χ4n) is 3.11. The van der Waals surface area contributed by atoms with Crippen LogP contribution in [0.1, 0.15) is 18.4 Å². The van der Waals surface area contributed by atoms with Crippen LogP contribution in [0.4, 0.5) is 11.8 Å². The minimum absolute atomic E-state index is 0.403. The monoisotopic (exact) mass is 318 g/mol. The van der Waals surface area contributed by atoms with Crippen molar-refractivity contribution >= 4 is 22.8 Å². The van der Waals surface area contributed by atoms with Gasteiger partial charge in [-0.05, 0) is 37.1 Å². The average Bonchev–Trinajstić information content (AvgIpc) is 3.05. The zero-order valence-electron chi connectivity index (χ0n) is 13.2. The van der Waals surface area contributed by atoms with Gasteiger partial charge in [0, 0.05) is 25.3 Å². The van der Waals surface area contributed by atoms with Crippen molar-refractivity contribution in [3.05, 3.63) is 48.2 Å². The van der Waals surface area contributed by atoms with Gasteiger partial charge in [0.25, 0.3) is 0 Å². The van der Waals surface area contributed by atoms with Crippen molar-refractivity contribution in [2.45, 2.75) is 18.9 Å². The van der Waals surface area contributed by atoms with Gasteiger partial charge in [-0.15, -0.1) is 0 Å². The van der Waals surface area contributed by atoms with Crippen LogP contribution >= 0.6 is 0 Å². The first-order chi connectivity index (χ1) is 11.8. The van der Waals surface area contributed by atoms with Gasteiger partial charge < -0.3 is 15.2 Å². The van der Waals surface area contributed by atoms with Gasteiger partial charge >= 0.3 is 0 Å². The molecule has 0 aliphatic carbocycles. The first-order valence-electron chi connectivity index (χ1n) is 8.14. The number of benzene rings is 1. The summed E-state index contributed by atoms with van der Waals surface area (Å²) in [5.74, 6) is 1.78. The fourth-order valence-corrected chi connectivity index (χ4v) is 3.11. The van der Waals surface area contributed by atoms with Gasteiger partial charge in [0.2, 0.25) is 5.95 Å². The summed E-state index contributed by atoms with van der Waals surface area (Å²) in [6.07, 6.45) is 3.69. The second-order valence-corrected chi connectivity index (χ2v) is 6.03. The molecule has 1 fully saturated rings. The molecule has 1 saturated heterocycles. The Bertz CT molecular complexity index is 835. The molecule has 1 aliphatic rings. The van der Waals surface area contributed by atoms with E-state index in [9.17, 15) is 0 Å². The lowest BCUT2D eigenvalue weighted by Crippen LogP contribution is -2.39. The van der Waals surface area contributed by atoms with Crippen molar-refractivity contribution in [1.29, 1.82) is 5.26 Å². The molecule has 0 unspecified atom stereocenters. The van der Waals surface area contributed by atoms with Crippen molar-refractivity contribution < 1.29 is 0 Å². The van der Waals surface area contributed by atoms with E-state index in [0.29, 0.717) is 11.6 Å². The summed E-state index contributed by atoms with van der Waals surface area (Å²) in [5.41, 5.74) is 2.64. The zero-order valence-corrected chi connectivity index (χ0v) is 13.2. The van der Waals surface area contributed by atoms with Gasteiger partial charge in [-0.3, -0.25) is 0 Å². The van der Waals surface area contributed by atoms with E-state index in [1.807, 2.05) is 36.4 Å². The van der Waals surface area contributed by atoms with Crippen LogP contribution in [0.15, 0.2) is 42.6 Å². The summed E-state index contributed by atoms with van der Waals surface area (Å²) < 4.78 is 0. The number of fused-ring (bicyclic) bond motifs is 1. The number of aromatic amines is 1. The third-order valence-corrected chi connectivity index (χ3v) is 4.43. The van der Waals surface area contributed by atoms with E-state index in [2.05, 4.69) is 31.2 Å². The average molecular weight is 318 g/mol. The van der Waals surface area contributed by atoms with Gasteiger partial charge in [-0.25, -0.2) is 9.97 Å². The number of hydrogen-bond donors (Lipinski definition) is 2. The maximum atomic E-state index is 8.85. The van der Waals surface area contributed by atoms with Crippen LogP contribution in [0, 0.1) is 11.3 Å². The number of nitrogens with one attached hydrogen (secondary N) is 2. The Hall–Kier alpha value is -3.07. The summed E-state index contributed by atoms with van der Waals surface area (Å²) >= 11 is 0. The number of nitrogens with zero attached hydrogens (tertiary/aromatic N) is 4. The lowest BCUT2D eigenvalue weighted by Gasteiger charge is -2.33. The molecule has 0 atom stereocenters. The summed E-state index contributed by atoms with van der Waals surface area (Å²) in [6, 6.07) is 14.3. The van der Waals surface area contributed by atoms with E-state index in [1.54, 1.807) is 6.20 Å². The molecule has 6 nitrogen and oxygen atoms in total. The Kier molecular flexibility index (Phi) is 3.75. The smallest absolute Gasteiger partial charge is 0.201 e. The number of hydrogen-bond acceptors (Lipinski definition) is 5. The number of piperidine rings is 1. The molecule has 6 heteroatoms. The van der Waals surface area contributed by atoms with Crippen LogP contribution in [-0.4, -0.2) is 34.1 Å². The fraction of sp³-hybridized carbons (Fsp3) is 0.278. The number of H-pyrrole nitrogens is 1. The maximum absolute atomic E-state index is 8.85. The van der Waals surface area contributed by atoms with E-state index >= 15 is 0 Å². The molecule has 1 aromatic carbocycles. The molecule has 3 heterocycles. The number of para-hydroxylation sites is 2. The number of rotatable bonds is 3. The molecule has 0 radical (unpaired) electrons. The molecule has 120 valence electrons. The zero-order chi connectivity index (χ0) is 16.4. The topological polar surface area (TPSA) is 80.6 Å². The third kappa shape index (κ3) is 2.88. The van der Waals surface area contributed by atoms with Crippen LogP contribution in [-0.2, 0) is 0 Å². The Morgan fingerprint density at radius 1 is 1.17 bits per heavy atom. The molecule has 0 spiro atoms. The number of imidazole rings is 1. The molecule has 4 rings (SSSR count). The normalized spacial score (nSPS) is 15.4. The summed E-state index contributed by atoms with van der Waals surface area (Å²) in [7, 11) is 0. The van der Waals surface area contributed by atoms with Gasteiger partial charge in [0.1, 0.15) is 11.9 Å². The van der Waals surface area contributed by atoms with Crippen LogP contribution in [0.5, 0.6) is 0 Å². The Morgan fingerprint density at radius 3 is 2.71 bits per heavy atom.